The van der Waals surface area contributed by atoms with Crippen molar-refractivity contribution in [2.24, 2.45) is 11.5 Å². The van der Waals surface area contributed by atoms with Crippen LogP contribution in [0.2, 0.25) is 5.02 Å². The molecule has 23 heavy (non-hydrogen) atoms. The van der Waals surface area contributed by atoms with E-state index in [1.165, 1.54) is 0 Å². The highest BCUT2D eigenvalue weighted by molar-refractivity contribution is 6.30. The summed E-state index contributed by atoms with van der Waals surface area (Å²) < 4.78 is 0. The first-order valence-electron chi connectivity index (χ1n) is 7.45. The lowest BCUT2D eigenvalue weighted by Gasteiger charge is -2.12. The van der Waals surface area contributed by atoms with E-state index < -0.39 is 0 Å². The smallest absolute Gasteiger partial charge is 0.0780 e. The van der Waals surface area contributed by atoms with Crippen LogP contribution >= 0.6 is 11.6 Å². The van der Waals surface area contributed by atoms with E-state index in [0.29, 0.717) is 18.1 Å². The molecule has 0 spiro atoms. The van der Waals surface area contributed by atoms with E-state index in [4.69, 9.17) is 23.1 Å². The van der Waals surface area contributed by atoms with Gasteiger partial charge in [-0.2, -0.15) is 0 Å². The highest BCUT2D eigenvalue weighted by Crippen LogP contribution is 2.32. The monoisotopic (exact) mass is 323 g/mol. The largest absolute Gasteiger partial charge is 0.326 e. The molecule has 3 rings (SSSR count). The van der Waals surface area contributed by atoms with E-state index in [-0.39, 0.29) is 0 Å². The minimum atomic E-state index is 0.458. The summed E-state index contributed by atoms with van der Waals surface area (Å²) in [6, 6.07) is 18.0. The summed E-state index contributed by atoms with van der Waals surface area (Å²) in [7, 11) is 0. The van der Waals surface area contributed by atoms with Crippen molar-refractivity contribution in [3.8, 4) is 22.4 Å². The molecule has 2 aromatic carbocycles. The molecule has 3 aromatic rings. The second-order valence-corrected chi connectivity index (χ2v) is 5.79. The maximum Gasteiger partial charge on any atom is 0.0780 e. The Morgan fingerprint density at radius 1 is 0.783 bits per heavy atom. The number of aromatic nitrogens is 1. The van der Waals surface area contributed by atoms with E-state index in [1.54, 1.807) is 0 Å². The predicted octanol–water partition coefficient (Wildman–Crippen LogP) is 3.99. The highest BCUT2D eigenvalue weighted by atomic mass is 35.5. The Kier molecular flexibility index (Phi) is 4.72. The van der Waals surface area contributed by atoms with Gasteiger partial charge in [0, 0.05) is 35.4 Å². The lowest BCUT2D eigenvalue weighted by molar-refractivity contribution is 1.05. The molecule has 0 aliphatic rings. The molecule has 3 nitrogen and oxygen atoms in total. The second-order valence-electron chi connectivity index (χ2n) is 5.35. The molecule has 1 heterocycles. The third-order valence-electron chi connectivity index (χ3n) is 3.80. The lowest BCUT2D eigenvalue weighted by Crippen LogP contribution is -2.00. The molecular formula is C19H18ClN3. The number of nitrogens with two attached hydrogens (primary N) is 2. The number of benzene rings is 2. The van der Waals surface area contributed by atoms with Crippen molar-refractivity contribution in [2.75, 3.05) is 0 Å². The molecule has 0 unspecified atom stereocenters. The Morgan fingerprint density at radius 2 is 1.39 bits per heavy atom. The van der Waals surface area contributed by atoms with Crippen LogP contribution in [-0.2, 0) is 13.1 Å². The van der Waals surface area contributed by atoms with E-state index in [0.717, 1.165) is 33.5 Å². The van der Waals surface area contributed by atoms with Crippen LogP contribution in [0.15, 0.2) is 60.8 Å². The van der Waals surface area contributed by atoms with Gasteiger partial charge in [-0.05, 0) is 34.9 Å². The van der Waals surface area contributed by atoms with Gasteiger partial charge in [-0.3, -0.25) is 4.98 Å². The molecule has 1 aromatic heterocycles. The second kappa shape index (κ2) is 6.92. The quantitative estimate of drug-likeness (QED) is 0.763. The first kappa shape index (κ1) is 15.7. The van der Waals surface area contributed by atoms with Gasteiger partial charge in [0.1, 0.15) is 0 Å². The minimum absolute atomic E-state index is 0.458. The van der Waals surface area contributed by atoms with Gasteiger partial charge < -0.3 is 11.5 Å². The Labute approximate surface area is 140 Å². The van der Waals surface area contributed by atoms with Crippen LogP contribution in [0, 0.1) is 0 Å². The summed E-state index contributed by atoms with van der Waals surface area (Å²) in [4.78, 5) is 4.63. The fraction of sp³-hybridized carbons (Fsp3) is 0.105. The molecule has 0 atom stereocenters. The van der Waals surface area contributed by atoms with Gasteiger partial charge in [0.15, 0.2) is 0 Å². The summed E-state index contributed by atoms with van der Waals surface area (Å²) in [6.07, 6.45) is 1.82. The van der Waals surface area contributed by atoms with Gasteiger partial charge >= 0.3 is 0 Å². The third kappa shape index (κ3) is 3.42. The number of hydrogen-bond acceptors (Lipinski definition) is 3. The molecule has 0 saturated carbocycles. The SMILES string of the molecule is NCc1ccc(-c2ncc(CN)cc2-c2ccc(Cl)cc2)cc1. The van der Waals surface area contributed by atoms with Gasteiger partial charge in [-0.15, -0.1) is 0 Å². The average Bonchev–Trinajstić information content (AvgIpc) is 2.62. The first-order chi connectivity index (χ1) is 11.2. The fourth-order valence-electron chi connectivity index (χ4n) is 2.50. The van der Waals surface area contributed by atoms with E-state index >= 15 is 0 Å². The number of hydrogen-bond donors (Lipinski definition) is 2. The Hall–Kier alpha value is -2.20. The Morgan fingerprint density at radius 3 is 2.00 bits per heavy atom. The zero-order chi connectivity index (χ0) is 16.2. The minimum Gasteiger partial charge on any atom is -0.326 e. The van der Waals surface area contributed by atoms with Crippen molar-refractivity contribution in [3.05, 3.63) is 76.9 Å². The van der Waals surface area contributed by atoms with Crippen LogP contribution in [-0.4, -0.2) is 4.98 Å². The first-order valence-corrected chi connectivity index (χ1v) is 7.83. The Bertz CT molecular complexity index is 796. The highest BCUT2D eigenvalue weighted by Gasteiger charge is 2.10. The molecule has 4 N–H and O–H groups in total. The molecular weight excluding hydrogens is 306 g/mol. The van der Waals surface area contributed by atoms with Crippen molar-refractivity contribution < 1.29 is 0 Å². The van der Waals surface area contributed by atoms with E-state index in [2.05, 4.69) is 11.1 Å². The van der Waals surface area contributed by atoms with Crippen molar-refractivity contribution in [2.45, 2.75) is 13.1 Å². The van der Waals surface area contributed by atoms with E-state index in [1.807, 2.05) is 54.7 Å². The summed E-state index contributed by atoms with van der Waals surface area (Å²) >= 11 is 6.00. The molecule has 0 fully saturated rings. The van der Waals surface area contributed by atoms with Crippen LogP contribution in [0.1, 0.15) is 11.1 Å². The van der Waals surface area contributed by atoms with Crippen LogP contribution in [0.4, 0.5) is 0 Å². The third-order valence-corrected chi connectivity index (χ3v) is 4.05. The van der Waals surface area contributed by atoms with E-state index in [9.17, 15) is 0 Å². The molecule has 0 aliphatic heterocycles. The molecule has 0 saturated heterocycles. The van der Waals surface area contributed by atoms with Crippen molar-refractivity contribution >= 4 is 11.6 Å². The molecule has 0 aliphatic carbocycles. The zero-order valence-electron chi connectivity index (χ0n) is 12.7. The summed E-state index contributed by atoms with van der Waals surface area (Å²) in [5.74, 6) is 0. The van der Waals surface area contributed by atoms with Crippen LogP contribution in [0.25, 0.3) is 22.4 Å². The normalized spacial score (nSPS) is 10.7. The van der Waals surface area contributed by atoms with Crippen LogP contribution in [0.5, 0.6) is 0 Å². The predicted molar refractivity (Wildman–Crippen MR) is 95.9 cm³/mol. The van der Waals surface area contributed by atoms with Crippen LogP contribution in [0.3, 0.4) is 0 Å². The van der Waals surface area contributed by atoms with Gasteiger partial charge in [-0.25, -0.2) is 0 Å². The molecule has 0 amide bonds. The van der Waals surface area contributed by atoms with Crippen LogP contribution < -0.4 is 11.5 Å². The van der Waals surface area contributed by atoms with Gasteiger partial charge in [0.05, 0.1) is 5.69 Å². The fourth-order valence-corrected chi connectivity index (χ4v) is 2.62. The van der Waals surface area contributed by atoms with Crippen molar-refractivity contribution in [1.82, 2.24) is 4.98 Å². The number of rotatable bonds is 4. The summed E-state index contributed by atoms with van der Waals surface area (Å²) in [5.41, 5.74) is 17.6. The topological polar surface area (TPSA) is 64.9 Å². The maximum atomic E-state index is 6.00. The van der Waals surface area contributed by atoms with Crippen molar-refractivity contribution in [3.63, 3.8) is 0 Å². The van der Waals surface area contributed by atoms with Gasteiger partial charge in [-0.1, -0.05) is 48.0 Å². The molecule has 4 heteroatoms. The van der Waals surface area contributed by atoms with Gasteiger partial charge in [0.25, 0.3) is 0 Å². The zero-order valence-corrected chi connectivity index (χ0v) is 13.4. The summed E-state index contributed by atoms with van der Waals surface area (Å²) in [5, 5.41) is 0.713. The average molecular weight is 324 g/mol. The molecule has 0 radical (unpaired) electrons. The molecule has 0 bridgehead atoms. The molecule has 116 valence electrons. The number of halogens is 1. The van der Waals surface area contributed by atoms with Gasteiger partial charge in [0.2, 0.25) is 0 Å². The standard InChI is InChI=1S/C19H18ClN3/c20-17-7-5-15(6-8-17)18-9-14(11-22)12-23-19(18)16-3-1-13(10-21)2-4-16/h1-9,12H,10-11,21-22H2. The Balaban J connectivity index is 2.13. The lowest BCUT2D eigenvalue weighted by atomic mass is 9.97. The maximum absolute atomic E-state index is 6.00. The number of nitrogens with zero attached hydrogens (tertiary/aromatic N) is 1. The number of pyridine rings is 1. The van der Waals surface area contributed by atoms with Crippen molar-refractivity contribution in [1.29, 1.82) is 0 Å². The summed E-state index contributed by atoms with van der Waals surface area (Å²) in [6.45, 7) is 0.990.